The maximum absolute atomic E-state index is 4.41. The van der Waals surface area contributed by atoms with Crippen LogP contribution >= 0.6 is 0 Å². The second-order valence-corrected chi connectivity index (χ2v) is 4.76. The maximum Gasteiger partial charge on any atom is 0.130 e. The lowest BCUT2D eigenvalue weighted by Crippen LogP contribution is -2.44. The number of pyridine rings is 1. The van der Waals surface area contributed by atoms with E-state index in [0.29, 0.717) is 6.67 Å². The highest BCUT2D eigenvalue weighted by atomic mass is 15.7. The van der Waals surface area contributed by atoms with E-state index in [1.807, 2.05) is 18.5 Å². The van der Waals surface area contributed by atoms with Gasteiger partial charge in [-0.2, -0.15) is 0 Å². The van der Waals surface area contributed by atoms with E-state index in [0.717, 1.165) is 24.3 Å². The molecule has 4 heteroatoms. The van der Waals surface area contributed by atoms with Crippen LogP contribution in [0.2, 0.25) is 0 Å². The van der Waals surface area contributed by atoms with Crippen LogP contribution in [0.4, 0.5) is 11.4 Å². The Balaban J connectivity index is 1.77. The van der Waals surface area contributed by atoms with Crippen molar-refractivity contribution in [1.29, 1.82) is 0 Å². The largest absolute Gasteiger partial charge is 0.283 e. The topological polar surface area (TPSA) is 31.7 Å². The molecule has 19 heavy (non-hydrogen) atoms. The molecule has 0 radical (unpaired) electrons. The van der Waals surface area contributed by atoms with E-state index in [9.17, 15) is 0 Å². The van der Waals surface area contributed by atoms with Gasteiger partial charge in [-0.1, -0.05) is 18.2 Å². The van der Waals surface area contributed by atoms with Crippen molar-refractivity contribution in [3.8, 4) is 0 Å². The Kier molecular flexibility index (Phi) is 2.27. The molecule has 0 atom stereocenters. The number of aromatic nitrogens is 1. The zero-order valence-electron chi connectivity index (χ0n) is 10.5. The molecule has 1 aromatic carbocycles. The summed E-state index contributed by atoms with van der Waals surface area (Å²) in [5, 5.41) is 4.53. The van der Waals surface area contributed by atoms with Crippen LogP contribution in [-0.2, 0) is 6.42 Å². The van der Waals surface area contributed by atoms with E-state index in [4.69, 9.17) is 0 Å². The van der Waals surface area contributed by atoms with E-state index < -0.39 is 0 Å². The monoisotopic (exact) mass is 250 g/mol. The quantitative estimate of drug-likeness (QED) is 0.778. The Morgan fingerprint density at radius 3 is 2.84 bits per heavy atom. The van der Waals surface area contributed by atoms with Crippen molar-refractivity contribution in [1.82, 2.24) is 4.98 Å². The van der Waals surface area contributed by atoms with Crippen molar-refractivity contribution in [3.05, 3.63) is 53.9 Å². The maximum atomic E-state index is 4.41. The molecule has 2 aliphatic heterocycles. The summed E-state index contributed by atoms with van der Waals surface area (Å²) in [6.45, 7) is 1.66. The van der Waals surface area contributed by atoms with Crippen molar-refractivity contribution in [3.63, 3.8) is 0 Å². The first-order valence-electron chi connectivity index (χ1n) is 6.51. The normalized spacial score (nSPS) is 16.4. The number of para-hydroxylation sites is 1. The van der Waals surface area contributed by atoms with Crippen LogP contribution in [0.15, 0.2) is 47.6 Å². The minimum atomic E-state index is 0.660. The van der Waals surface area contributed by atoms with Crippen molar-refractivity contribution in [2.24, 2.45) is 4.99 Å². The second kappa shape index (κ2) is 4.09. The van der Waals surface area contributed by atoms with Crippen LogP contribution in [-0.4, -0.2) is 24.4 Å². The zero-order valence-corrected chi connectivity index (χ0v) is 10.5. The van der Waals surface area contributed by atoms with Gasteiger partial charge < -0.3 is 0 Å². The Labute approximate surface area is 112 Å². The van der Waals surface area contributed by atoms with Gasteiger partial charge in [0.25, 0.3) is 0 Å². The van der Waals surface area contributed by atoms with Crippen LogP contribution in [0.5, 0.6) is 0 Å². The first-order valence-corrected chi connectivity index (χ1v) is 6.51. The third-order valence-corrected chi connectivity index (χ3v) is 3.68. The summed E-state index contributed by atoms with van der Waals surface area (Å²) in [4.78, 5) is 8.79. The molecule has 0 amide bonds. The van der Waals surface area contributed by atoms with Crippen molar-refractivity contribution in [2.75, 3.05) is 23.2 Å². The lowest BCUT2D eigenvalue weighted by molar-refractivity contribution is 0.740. The predicted octanol–water partition coefficient (Wildman–Crippen LogP) is 2.26. The molecule has 0 aliphatic carbocycles. The van der Waals surface area contributed by atoms with Gasteiger partial charge in [-0.25, -0.2) is 0 Å². The fourth-order valence-electron chi connectivity index (χ4n) is 2.79. The standard InChI is InChI=1S/C15H14N4/c1-2-5-14-12(4-1)7-9-18(14)19-11-16-10-13-15(19)6-3-8-17-13/h1-6,8,10H,7,9,11H2. The molecule has 4 rings (SSSR count). The highest BCUT2D eigenvalue weighted by Gasteiger charge is 2.26. The Morgan fingerprint density at radius 1 is 0.947 bits per heavy atom. The van der Waals surface area contributed by atoms with Gasteiger partial charge in [-0.15, -0.1) is 0 Å². The highest BCUT2D eigenvalue weighted by Crippen LogP contribution is 2.32. The first kappa shape index (κ1) is 10.6. The van der Waals surface area contributed by atoms with Crippen LogP contribution in [0.3, 0.4) is 0 Å². The summed E-state index contributed by atoms with van der Waals surface area (Å²) in [7, 11) is 0. The van der Waals surface area contributed by atoms with E-state index in [2.05, 4.69) is 50.3 Å². The number of nitrogens with zero attached hydrogens (tertiary/aromatic N) is 4. The average Bonchev–Trinajstić information content (AvgIpc) is 2.90. The molecule has 0 saturated heterocycles. The fourth-order valence-corrected chi connectivity index (χ4v) is 2.79. The highest BCUT2D eigenvalue weighted by molar-refractivity contribution is 5.88. The molecule has 2 aliphatic rings. The number of aliphatic imine (C=N–C) groups is 1. The lowest BCUT2D eigenvalue weighted by atomic mass is 10.2. The number of benzene rings is 1. The minimum Gasteiger partial charge on any atom is -0.283 e. The molecule has 0 fully saturated rings. The van der Waals surface area contributed by atoms with Gasteiger partial charge in [0.05, 0.1) is 17.6 Å². The Hall–Kier alpha value is -2.36. The summed E-state index contributed by atoms with van der Waals surface area (Å²) in [5.41, 5.74) is 4.77. The van der Waals surface area contributed by atoms with Gasteiger partial charge in [0.2, 0.25) is 0 Å². The molecule has 2 aromatic rings. The van der Waals surface area contributed by atoms with E-state index in [1.54, 1.807) is 0 Å². The molecule has 0 bridgehead atoms. The van der Waals surface area contributed by atoms with Gasteiger partial charge in [-0.3, -0.25) is 20.0 Å². The molecule has 94 valence electrons. The molecular weight excluding hydrogens is 236 g/mol. The number of hydrazine groups is 1. The molecule has 1 aromatic heterocycles. The van der Waals surface area contributed by atoms with Crippen molar-refractivity contribution >= 4 is 17.6 Å². The van der Waals surface area contributed by atoms with E-state index in [-0.39, 0.29) is 0 Å². The van der Waals surface area contributed by atoms with Crippen molar-refractivity contribution < 1.29 is 0 Å². The van der Waals surface area contributed by atoms with E-state index in [1.165, 1.54) is 11.3 Å². The molecular formula is C15H14N4. The Bertz CT molecular complexity index is 650. The number of rotatable bonds is 1. The van der Waals surface area contributed by atoms with Gasteiger partial charge >= 0.3 is 0 Å². The van der Waals surface area contributed by atoms with Crippen LogP contribution in [0, 0.1) is 0 Å². The fraction of sp³-hybridized carbons (Fsp3) is 0.200. The summed E-state index contributed by atoms with van der Waals surface area (Å²) in [6, 6.07) is 12.7. The molecule has 0 saturated carbocycles. The average molecular weight is 250 g/mol. The molecule has 0 N–H and O–H groups in total. The van der Waals surface area contributed by atoms with E-state index >= 15 is 0 Å². The summed E-state index contributed by atoms with van der Waals surface area (Å²) < 4.78 is 0. The third-order valence-electron chi connectivity index (χ3n) is 3.68. The number of hydrogen-bond acceptors (Lipinski definition) is 4. The van der Waals surface area contributed by atoms with Crippen molar-refractivity contribution in [2.45, 2.75) is 6.42 Å². The van der Waals surface area contributed by atoms with Gasteiger partial charge in [-0.05, 0) is 30.2 Å². The lowest BCUT2D eigenvalue weighted by Gasteiger charge is -2.36. The molecule has 3 heterocycles. The van der Waals surface area contributed by atoms with Crippen LogP contribution in [0.25, 0.3) is 0 Å². The molecule has 0 spiro atoms. The SMILES string of the molecule is C1=NCN(N2CCc3ccccc32)c2cccnc21. The first-order chi connectivity index (χ1) is 9.43. The summed E-state index contributed by atoms with van der Waals surface area (Å²) >= 11 is 0. The number of hydrogen-bond donors (Lipinski definition) is 0. The van der Waals surface area contributed by atoms with Crippen LogP contribution < -0.4 is 10.0 Å². The van der Waals surface area contributed by atoms with Gasteiger partial charge in [0.15, 0.2) is 0 Å². The van der Waals surface area contributed by atoms with Gasteiger partial charge in [0, 0.05) is 12.7 Å². The smallest absolute Gasteiger partial charge is 0.130 e. The second-order valence-electron chi connectivity index (χ2n) is 4.76. The zero-order chi connectivity index (χ0) is 12.7. The molecule has 0 unspecified atom stereocenters. The number of anilines is 2. The predicted molar refractivity (Wildman–Crippen MR) is 76.7 cm³/mol. The molecule has 4 nitrogen and oxygen atoms in total. The minimum absolute atomic E-state index is 0.660. The van der Waals surface area contributed by atoms with Gasteiger partial charge in [0.1, 0.15) is 12.4 Å². The Morgan fingerprint density at radius 2 is 1.84 bits per heavy atom. The van der Waals surface area contributed by atoms with Crippen LogP contribution in [0.1, 0.15) is 11.3 Å². The summed E-state index contributed by atoms with van der Waals surface area (Å²) in [5.74, 6) is 0. The third kappa shape index (κ3) is 1.60. The number of fused-ring (bicyclic) bond motifs is 2. The summed E-state index contributed by atoms with van der Waals surface area (Å²) in [6.07, 6.45) is 4.76.